The highest BCUT2D eigenvalue weighted by atomic mass is 16.6. The van der Waals surface area contributed by atoms with E-state index in [0.717, 1.165) is 49.9 Å². The fraction of sp³-hybridized carbons (Fsp3) is 0.895. The lowest BCUT2D eigenvalue weighted by Gasteiger charge is -2.55. The molecule has 0 aromatic rings. The van der Waals surface area contributed by atoms with Crippen molar-refractivity contribution >= 4 is 12.1 Å². The van der Waals surface area contributed by atoms with Crippen LogP contribution in [0.5, 0.6) is 0 Å². The molecule has 4 saturated carbocycles. The summed E-state index contributed by atoms with van der Waals surface area (Å²) in [5.74, 6) is 2.34. The summed E-state index contributed by atoms with van der Waals surface area (Å²) >= 11 is 0. The van der Waals surface area contributed by atoms with Crippen molar-refractivity contribution in [3.05, 3.63) is 0 Å². The Kier molecular flexibility index (Phi) is 4.21. The van der Waals surface area contributed by atoms with E-state index in [1.165, 1.54) is 19.3 Å². The summed E-state index contributed by atoms with van der Waals surface area (Å²) in [4.78, 5) is 26.4. The minimum atomic E-state index is -0.247. The Bertz CT molecular complexity index is 474. The molecule has 5 nitrogen and oxygen atoms in total. The molecule has 5 aliphatic rings. The predicted molar refractivity (Wildman–Crippen MR) is 88.3 cm³/mol. The molecular formula is C19H29NO4. The van der Waals surface area contributed by atoms with Gasteiger partial charge in [-0.3, -0.25) is 4.79 Å². The zero-order valence-corrected chi connectivity index (χ0v) is 14.7. The van der Waals surface area contributed by atoms with Gasteiger partial charge in [-0.25, -0.2) is 4.79 Å². The minimum Gasteiger partial charge on any atom is -0.462 e. The summed E-state index contributed by atoms with van der Waals surface area (Å²) in [6.07, 6.45) is 8.37. The first-order chi connectivity index (χ1) is 11.6. The van der Waals surface area contributed by atoms with Crippen molar-refractivity contribution in [2.24, 2.45) is 23.2 Å². The number of ether oxygens (including phenoxy) is 2. The quantitative estimate of drug-likeness (QED) is 0.742. The van der Waals surface area contributed by atoms with Gasteiger partial charge in [0.15, 0.2) is 0 Å². The first-order valence-corrected chi connectivity index (χ1v) is 9.71. The summed E-state index contributed by atoms with van der Waals surface area (Å²) in [5, 5.41) is 0. The van der Waals surface area contributed by atoms with Gasteiger partial charge in [0.05, 0.1) is 12.0 Å². The third-order valence-corrected chi connectivity index (χ3v) is 6.71. The Balaban J connectivity index is 1.32. The van der Waals surface area contributed by atoms with Crippen LogP contribution in [0.25, 0.3) is 0 Å². The fourth-order valence-corrected chi connectivity index (χ4v) is 6.01. The topological polar surface area (TPSA) is 55.8 Å². The van der Waals surface area contributed by atoms with Gasteiger partial charge in [-0.2, -0.15) is 0 Å². The molecule has 24 heavy (non-hydrogen) atoms. The van der Waals surface area contributed by atoms with E-state index in [4.69, 9.17) is 9.47 Å². The average molecular weight is 335 g/mol. The molecular weight excluding hydrogens is 306 g/mol. The van der Waals surface area contributed by atoms with Crippen molar-refractivity contribution in [3.8, 4) is 0 Å². The molecule has 1 amide bonds. The van der Waals surface area contributed by atoms with Crippen molar-refractivity contribution < 1.29 is 19.1 Å². The van der Waals surface area contributed by atoms with Crippen LogP contribution in [0.4, 0.5) is 4.79 Å². The van der Waals surface area contributed by atoms with Gasteiger partial charge >= 0.3 is 12.1 Å². The van der Waals surface area contributed by atoms with E-state index in [0.29, 0.717) is 19.7 Å². The maximum Gasteiger partial charge on any atom is 0.409 e. The van der Waals surface area contributed by atoms with Crippen LogP contribution in [0.3, 0.4) is 0 Å². The third-order valence-electron chi connectivity index (χ3n) is 6.71. The smallest absolute Gasteiger partial charge is 0.409 e. The van der Waals surface area contributed by atoms with E-state index in [-0.39, 0.29) is 23.6 Å². The van der Waals surface area contributed by atoms with Gasteiger partial charge in [0.25, 0.3) is 0 Å². The number of hydrogen-bond acceptors (Lipinski definition) is 4. The Morgan fingerprint density at radius 2 is 1.54 bits per heavy atom. The Labute approximate surface area is 144 Å². The molecule has 0 aromatic heterocycles. The zero-order chi connectivity index (χ0) is 16.7. The second-order valence-electron chi connectivity index (χ2n) is 8.49. The molecule has 0 aromatic carbocycles. The molecule has 0 atom stereocenters. The van der Waals surface area contributed by atoms with Crippen LogP contribution in [0, 0.1) is 23.2 Å². The van der Waals surface area contributed by atoms with Gasteiger partial charge in [-0.05, 0) is 63.2 Å². The Hall–Kier alpha value is -1.26. The molecule has 4 bridgehead atoms. The van der Waals surface area contributed by atoms with Crippen molar-refractivity contribution in [2.45, 2.75) is 64.4 Å². The van der Waals surface area contributed by atoms with Crippen LogP contribution in [0.2, 0.25) is 0 Å². The molecule has 0 unspecified atom stereocenters. The van der Waals surface area contributed by atoms with Gasteiger partial charge < -0.3 is 14.4 Å². The van der Waals surface area contributed by atoms with Crippen LogP contribution < -0.4 is 0 Å². The molecule has 1 heterocycles. The van der Waals surface area contributed by atoms with Gasteiger partial charge in [0.1, 0.15) is 6.10 Å². The molecule has 0 spiro atoms. The fourth-order valence-electron chi connectivity index (χ4n) is 6.01. The van der Waals surface area contributed by atoms with Crippen LogP contribution in [-0.2, 0) is 14.3 Å². The monoisotopic (exact) mass is 335 g/mol. The van der Waals surface area contributed by atoms with Crippen LogP contribution >= 0.6 is 0 Å². The molecule has 134 valence electrons. The van der Waals surface area contributed by atoms with E-state index in [1.54, 1.807) is 4.90 Å². The zero-order valence-electron chi connectivity index (χ0n) is 14.7. The number of carbonyl (C=O) groups excluding carboxylic acids is 2. The summed E-state index contributed by atoms with van der Waals surface area (Å²) in [5.41, 5.74) is -0.174. The molecule has 5 fully saturated rings. The first-order valence-electron chi connectivity index (χ1n) is 9.71. The SMILES string of the molecule is CCOC(=O)N1CCC(OC(=O)C23CC4CC(CC(C4)C2)C3)CC1. The van der Waals surface area contributed by atoms with Gasteiger partial charge in [0.2, 0.25) is 0 Å². The second kappa shape index (κ2) is 6.23. The first kappa shape index (κ1) is 16.2. The van der Waals surface area contributed by atoms with Crippen LogP contribution in [0.15, 0.2) is 0 Å². The highest BCUT2D eigenvalue weighted by Gasteiger charge is 2.55. The van der Waals surface area contributed by atoms with Crippen molar-refractivity contribution in [2.75, 3.05) is 19.7 Å². The summed E-state index contributed by atoms with van der Waals surface area (Å²) in [6, 6.07) is 0. The van der Waals surface area contributed by atoms with Crippen molar-refractivity contribution in [1.29, 1.82) is 0 Å². The number of hydrogen-bond donors (Lipinski definition) is 0. The highest BCUT2D eigenvalue weighted by molar-refractivity contribution is 5.77. The number of rotatable bonds is 3. The number of piperidine rings is 1. The van der Waals surface area contributed by atoms with E-state index in [1.807, 2.05) is 6.92 Å². The Morgan fingerprint density at radius 1 is 1.00 bits per heavy atom. The van der Waals surface area contributed by atoms with E-state index < -0.39 is 0 Å². The van der Waals surface area contributed by atoms with E-state index in [9.17, 15) is 9.59 Å². The highest BCUT2D eigenvalue weighted by Crippen LogP contribution is 2.60. The van der Waals surface area contributed by atoms with Gasteiger partial charge in [0, 0.05) is 25.9 Å². The number of esters is 1. The molecule has 0 N–H and O–H groups in total. The van der Waals surface area contributed by atoms with E-state index >= 15 is 0 Å². The summed E-state index contributed by atoms with van der Waals surface area (Å²) in [6.45, 7) is 3.47. The normalized spacial score (nSPS) is 38.2. The third kappa shape index (κ3) is 2.91. The molecule has 4 aliphatic carbocycles. The van der Waals surface area contributed by atoms with Crippen molar-refractivity contribution in [3.63, 3.8) is 0 Å². The Morgan fingerprint density at radius 3 is 2.04 bits per heavy atom. The number of amides is 1. The summed E-state index contributed by atoms with van der Waals surface area (Å²) in [7, 11) is 0. The second-order valence-corrected chi connectivity index (χ2v) is 8.49. The summed E-state index contributed by atoms with van der Waals surface area (Å²) < 4.78 is 11.0. The minimum absolute atomic E-state index is 0.0313. The van der Waals surface area contributed by atoms with Crippen molar-refractivity contribution in [1.82, 2.24) is 4.90 Å². The van der Waals surface area contributed by atoms with Gasteiger partial charge in [-0.1, -0.05) is 0 Å². The van der Waals surface area contributed by atoms with E-state index in [2.05, 4.69) is 0 Å². The number of nitrogens with zero attached hydrogens (tertiary/aromatic N) is 1. The average Bonchev–Trinajstić information content (AvgIpc) is 2.54. The molecule has 5 rings (SSSR count). The van der Waals surface area contributed by atoms with Crippen LogP contribution in [-0.4, -0.2) is 42.8 Å². The number of carbonyl (C=O) groups is 2. The maximum absolute atomic E-state index is 13.0. The lowest BCUT2D eigenvalue weighted by atomic mass is 9.49. The van der Waals surface area contributed by atoms with Crippen LogP contribution in [0.1, 0.15) is 58.3 Å². The standard InChI is InChI=1S/C19H29NO4/c1-2-23-18(22)20-5-3-16(4-6-20)24-17(21)19-10-13-7-14(11-19)9-15(8-13)12-19/h13-16H,2-12H2,1H3. The molecule has 1 aliphatic heterocycles. The lowest BCUT2D eigenvalue weighted by Crippen LogP contribution is -2.51. The lowest BCUT2D eigenvalue weighted by molar-refractivity contribution is -0.178. The van der Waals surface area contributed by atoms with Gasteiger partial charge in [-0.15, -0.1) is 0 Å². The maximum atomic E-state index is 13.0. The molecule has 0 radical (unpaired) electrons. The predicted octanol–water partition coefficient (Wildman–Crippen LogP) is 3.37. The largest absolute Gasteiger partial charge is 0.462 e. The molecule has 1 saturated heterocycles. The molecule has 5 heteroatoms. The number of likely N-dealkylation sites (tertiary alicyclic amines) is 1.